The second-order valence-electron chi connectivity index (χ2n) is 12.7. The van der Waals surface area contributed by atoms with Crippen molar-refractivity contribution in [1.29, 1.82) is 0 Å². The Labute approximate surface area is 245 Å². The molecule has 9 heteroatoms. The van der Waals surface area contributed by atoms with Crippen LogP contribution in [0.3, 0.4) is 0 Å². The Bertz CT molecular complexity index is 1410. The van der Waals surface area contributed by atoms with Crippen LogP contribution in [0.4, 0.5) is 4.79 Å². The van der Waals surface area contributed by atoms with E-state index < -0.39 is 23.2 Å². The smallest absolute Gasteiger partial charge is 0.415 e. The molecule has 2 saturated carbocycles. The van der Waals surface area contributed by atoms with Crippen molar-refractivity contribution in [3.63, 3.8) is 0 Å². The number of hydrogen-bond donors (Lipinski definition) is 1. The summed E-state index contributed by atoms with van der Waals surface area (Å²) in [7, 11) is 1.62. The molecule has 7 rings (SSSR count). The third-order valence-electron chi connectivity index (χ3n) is 10.2. The van der Waals surface area contributed by atoms with Crippen LogP contribution in [0.25, 0.3) is 0 Å². The molecule has 1 saturated heterocycles. The molecule has 2 aromatic rings. The molecule has 2 aromatic carbocycles. The fourth-order valence-corrected chi connectivity index (χ4v) is 7.87. The van der Waals surface area contributed by atoms with E-state index in [-0.39, 0.29) is 43.0 Å². The average molecular weight is 575 g/mol. The molecule has 2 bridgehead atoms. The molecule has 2 heterocycles. The number of likely N-dealkylation sites (tertiary alicyclic amines) is 1. The number of ether oxygens (including phenoxy) is 3. The standard InChI is InChI=1S/C33H38N2O7/c1-34(16-5-8-27(37)40-20-22-6-3-2-4-7-22)31(38)41-25-12-11-23-18-26-33(39)14-13-24(36)30-32(33,28(23)29(25)42-30)15-17-35(26)19-21-9-10-21/h2-4,6-7,11-12,21,26,30,39H,5,8-10,13-20H2,1H3/t26-,30?,32-,33-/m1/s1. The summed E-state index contributed by atoms with van der Waals surface area (Å²) in [5.41, 5.74) is 0.973. The monoisotopic (exact) mass is 574 g/mol. The Hall–Kier alpha value is -3.43. The summed E-state index contributed by atoms with van der Waals surface area (Å²) in [5, 5.41) is 12.4. The van der Waals surface area contributed by atoms with Gasteiger partial charge in [-0.1, -0.05) is 36.4 Å². The zero-order chi connectivity index (χ0) is 29.1. The van der Waals surface area contributed by atoms with E-state index in [1.807, 2.05) is 36.4 Å². The predicted molar refractivity (Wildman–Crippen MR) is 152 cm³/mol. The Morgan fingerprint density at radius 1 is 1.14 bits per heavy atom. The molecule has 42 heavy (non-hydrogen) atoms. The van der Waals surface area contributed by atoms with Crippen molar-refractivity contribution < 1.29 is 33.7 Å². The second-order valence-corrected chi connectivity index (χ2v) is 12.7. The van der Waals surface area contributed by atoms with Crippen molar-refractivity contribution in [2.75, 3.05) is 26.7 Å². The molecular formula is C33H38N2O7. The largest absolute Gasteiger partial charge is 0.477 e. The van der Waals surface area contributed by atoms with Crippen LogP contribution in [-0.2, 0) is 32.8 Å². The van der Waals surface area contributed by atoms with E-state index in [4.69, 9.17) is 14.2 Å². The van der Waals surface area contributed by atoms with Gasteiger partial charge in [-0.25, -0.2) is 4.79 Å². The maximum absolute atomic E-state index is 13.3. The van der Waals surface area contributed by atoms with Crippen molar-refractivity contribution in [3.05, 3.63) is 59.2 Å². The van der Waals surface area contributed by atoms with E-state index >= 15 is 0 Å². The van der Waals surface area contributed by atoms with Gasteiger partial charge in [0, 0.05) is 44.6 Å². The lowest BCUT2D eigenvalue weighted by Crippen LogP contribution is -2.76. The number of hydrogen-bond acceptors (Lipinski definition) is 8. The van der Waals surface area contributed by atoms with Gasteiger partial charge in [0.25, 0.3) is 0 Å². The summed E-state index contributed by atoms with van der Waals surface area (Å²) >= 11 is 0. The maximum atomic E-state index is 13.3. The number of ketones is 1. The Morgan fingerprint density at radius 3 is 2.74 bits per heavy atom. The molecular weight excluding hydrogens is 536 g/mol. The summed E-state index contributed by atoms with van der Waals surface area (Å²) in [5.74, 6) is 1.08. The summed E-state index contributed by atoms with van der Waals surface area (Å²) in [6.45, 7) is 2.34. The third kappa shape index (κ3) is 4.40. The molecule has 3 aliphatic carbocycles. The molecule has 0 radical (unpaired) electrons. The number of amides is 1. The van der Waals surface area contributed by atoms with Crippen LogP contribution in [0.15, 0.2) is 42.5 Å². The van der Waals surface area contributed by atoms with E-state index in [2.05, 4.69) is 4.90 Å². The molecule has 9 nitrogen and oxygen atoms in total. The number of rotatable bonds is 9. The van der Waals surface area contributed by atoms with Gasteiger partial charge in [-0.3, -0.25) is 14.5 Å². The molecule has 2 aliphatic heterocycles. The second kappa shape index (κ2) is 10.4. The normalized spacial score (nSPS) is 29.0. The lowest BCUT2D eigenvalue weighted by Gasteiger charge is -2.62. The van der Waals surface area contributed by atoms with Gasteiger partial charge in [-0.2, -0.15) is 0 Å². The molecule has 1 spiro atoms. The van der Waals surface area contributed by atoms with Crippen LogP contribution in [0.2, 0.25) is 0 Å². The highest BCUT2D eigenvalue weighted by atomic mass is 16.6. The molecule has 1 amide bonds. The molecule has 0 aromatic heterocycles. The van der Waals surface area contributed by atoms with Gasteiger partial charge in [0.05, 0.1) is 11.0 Å². The van der Waals surface area contributed by atoms with E-state index in [1.54, 1.807) is 13.1 Å². The SMILES string of the molecule is CN(CCCC(=O)OCc1ccccc1)C(=O)Oc1ccc2c3c1OC1C(=O)CC[C@@]4(O)[C@@H](C2)N(CC2CC2)CC[C@@]314. The van der Waals surface area contributed by atoms with Crippen molar-refractivity contribution in [2.24, 2.45) is 5.92 Å². The van der Waals surface area contributed by atoms with Gasteiger partial charge in [0.1, 0.15) is 6.61 Å². The molecule has 1 N–H and O–H groups in total. The molecule has 3 fully saturated rings. The lowest BCUT2D eigenvalue weighted by molar-refractivity contribution is -0.188. The summed E-state index contributed by atoms with van der Waals surface area (Å²) < 4.78 is 17.5. The average Bonchev–Trinajstić information content (AvgIpc) is 3.73. The number of piperidine rings is 1. The van der Waals surface area contributed by atoms with Crippen LogP contribution >= 0.6 is 0 Å². The van der Waals surface area contributed by atoms with Gasteiger partial charge in [-0.05, 0) is 68.2 Å². The van der Waals surface area contributed by atoms with Crippen LogP contribution < -0.4 is 9.47 Å². The van der Waals surface area contributed by atoms with Crippen molar-refractivity contribution >= 4 is 17.8 Å². The molecule has 222 valence electrons. The first-order valence-electron chi connectivity index (χ1n) is 15.2. The fraction of sp³-hybridized carbons (Fsp3) is 0.545. The highest BCUT2D eigenvalue weighted by molar-refractivity contribution is 5.90. The predicted octanol–water partition coefficient (Wildman–Crippen LogP) is 3.77. The number of carbonyl (C=O) groups is 3. The van der Waals surface area contributed by atoms with Crippen LogP contribution in [0.1, 0.15) is 61.6 Å². The Morgan fingerprint density at radius 2 is 1.95 bits per heavy atom. The van der Waals surface area contributed by atoms with E-state index in [0.29, 0.717) is 43.9 Å². The van der Waals surface area contributed by atoms with Crippen LogP contribution in [-0.4, -0.2) is 77.2 Å². The minimum absolute atomic E-state index is 0.00617. The lowest BCUT2D eigenvalue weighted by atomic mass is 9.49. The Kier molecular flexibility index (Phi) is 6.77. The van der Waals surface area contributed by atoms with Crippen molar-refractivity contribution in [1.82, 2.24) is 9.80 Å². The topological polar surface area (TPSA) is 106 Å². The van der Waals surface area contributed by atoms with Gasteiger partial charge >= 0.3 is 12.1 Å². The van der Waals surface area contributed by atoms with Gasteiger partial charge < -0.3 is 24.2 Å². The summed E-state index contributed by atoms with van der Waals surface area (Å²) in [4.78, 5) is 42.4. The van der Waals surface area contributed by atoms with E-state index in [1.165, 1.54) is 17.7 Å². The molecule has 1 unspecified atom stereocenters. The minimum Gasteiger partial charge on any atom is -0.477 e. The minimum atomic E-state index is -1.06. The molecule has 4 atom stereocenters. The quantitative estimate of drug-likeness (QED) is 0.452. The fourth-order valence-electron chi connectivity index (χ4n) is 7.87. The number of Topliss-reactive ketones (excluding diaryl/α,β-unsaturated/α-hetero) is 1. The van der Waals surface area contributed by atoms with Crippen molar-refractivity contribution in [2.45, 2.75) is 81.1 Å². The van der Waals surface area contributed by atoms with Gasteiger partial charge in [-0.15, -0.1) is 0 Å². The first-order chi connectivity index (χ1) is 20.3. The Balaban J connectivity index is 1.04. The number of aliphatic hydroxyl groups is 1. The highest BCUT2D eigenvalue weighted by Crippen LogP contribution is 2.65. The number of benzene rings is 2. The highest BCUT2D eigenvalue weighted by Gasteiger charge is 2.73. The number of esters is 1. The summed E-state index contributed by atoms with van der Waals surface area (Å²) in [6.07, 6.45) is 3.80. The zero-order valence-electron chi connectivity index (χ0n) is 24.0. The maximum Gasteiger partial charge on any atom is 0.415 e. The van der Waals surface area contributed by atoms with E-state index in [9.17, 15) is 19.5 Å². The van der Waals surface area contributed by atoms with Gasteiger partial charge in [0.15, 0.2) is 23.4 Å². The molecule has 5 aliphatic rings. The van der Waals surface area contributed by atoms with Crippen molar-refractivity contribution in [3.8, 4) is 11.5 Å². The third-order valence-corrected chi connectivity index (χ3v) is 10.2. The van der Waals surface area contributed by atoms with E-state index in [0.717, 1.165) is 29.8 Å². The number of nitrogens with zero attached hydrogens (tertiary/aromatic N) is 2. The van der Waals surface area contributed by atoms with Crippen LogP contribution in [0.5, 0.6) is 11.5 Å². The zero-order valence-corrected chi connectivity index (χ0v) is 24.0. The summed E-state index contributed by atoms with van der Waals surface area (Å²) in [6, 6.07) is 13.2. The first kappa shape index (κ1) is 27.4. The number of carbonyl (C=O) groups excluding carboxylic acids is 3. The van der Waals surface area contributed by atoms with Gasteiger partial charge in [0.2, 0.25) is 0 Å². The first-order valence-corrected chi connectivity index (χ1v) is 15.2. The van der Waals surface area contributed by atoms with Crippen LogP contribution in [0, 0.1) is 5.92 Å².